The summed E-state index contributed by atoms with van der Waals surface area (Å²) in [7, 11) is 0. The zero-order valence-electron chi connectivity index (χ0n) is 13.9. The molecule has 0 unspecified atom stereocenters. The normalized spacial score (nSPS) is 10.7. The zero-order chi connectivity index (χ0) is 16.3. The molecule has 0 aliphatic heterocycles. The Bertz CT molecular complexity index is 569. The number of carbonyl (C=O) groups excluding carboxylic acids is 1. The molecular formula is C20H26N2O. The highest BCUT2D eigenvalue weighted by Gasteiger charge is 2.09. The Labute approximate surface area is 139 Å². The fourth-order valence-electron chi connectivity index (χ4n) is 2.55. The average molecular weight is 310 g/mol. The van der Waals surface area contributed by atoms with Gasteiger partial charge in [0.05, 0.1) is 6.54 Å². The van der Waals surface area contributed by atoms with Crippen LogP contribution in [0.25, 0.3) is 0 Å². The summed E-state index contributed by atoms with van der Waals surface area (Å²) in [5.41, 5.74) is 2.56. The molecule has 2 aromatic rings. The Hall–Kier alpha value is -2.13. The van der Waals surface area contributed by atoms with E-state index in [9.17, 15) is 4.79 Å². The predicted molar refractivity (Wildman–Crippen MR) is 95.2 cm³/mol. The molecule has 2 aromatic carbocycles. The Morgan fingerprint density at radius 2 is 1.57 bits per heavy atom. The number of benzene rings is 2. The second-order valence-corrected chi connectivity index (χ2v) is 5.73. The van der Waals surface area contributed by atoms with Crippen molar-refractivity contribution in [2.24, 2.45) is 0 Å². The van der Waals surface area contributed by atoms with Crippen LogP contribution in [0.2, 0.25) is 0 Å². The highest BCUT2D eigenvalue weighted by molar-refractivity contribution is 5.77. The molecule has 0 radical (unpaired) electrons. The molecule has 0 bridgehead atoms. The van der Waals surface area contributed by atoms with Crippen molar-refractivity contribution in [1.29, 1.82) is 0 Å². The average Bonchev–Trinajstić information content (AvgIpc) is 2.60. The fourth-order valence-corrected chi connectivity index (χ4v) is 2.55. The maximum Gasteiger partial charge on any atom is 0.234 e. The first-order valence-electron chi connectivity index (χ1n) is 8.35. The van der Waals surface area contributed by atoms with Crippen molar-refractivity contribution in [3.63, 3.8) is 0 Å². The van der Waals surface area contributed by atoms with Crippen LogP contribution in [-0.4, -0.2) is 30.4 Å². The molecule has 2 rings (SSSR count). The number of nitrogens with zero attached hydrogens (tertiary/aromatic N) is 1. The van der Waals surface area contributed by atoms with E-state index in [4.69, 9.17) is 0 Å². The van der Waals surface area contributed by atoms with E-state index < -0.39 is 0 Å². The molecule has 0 fully saturated rings. The molecule has 3 nitrogen and oxygen atoms in total. The molecule has 0 aliphatic rings. The van der Waals surface area contributed by atoms with Crippen LogP contribution in [0.1, 0.15) is 24.5 Å². The minimum absolute atomic E-state index is 0.107. The summed E-state index contributed by atoms with van der Waals surface area (Å²) >= 11 is 0. The second-order valence-electron chi connectivity index (χ2n) is 5.73. The molecule has 0 spiro atoms. The van der Waals surface area contributed by atoms with Gasteiger partial charge in [-0.3, -0.25) is 9.69 Å². The largest absolute Gasteiger partial charge is 0.355 e. The maximum atomic E-state index is 12.1. The zero-order valence-corrected chi connectivity index (χ0v) is 13.9. The number of amides is 1. The van der Waals surface area contributed by atoms with E-state index in [1.807, 2.05) is 24.3 Å². The second kappa shape index (κ2) is 9.80. The monoisotopic (exact) mass is 310 g/mol. The predicted octanol–water partition coefficient (Wildman–Crippen LogP) is 3.26. The molecular weight excluding hydrogens is 284 g/mol. The maximum absolute atomic E-state index is 12.1. The third-order valence-corrected chi connectivity index (χ3v) is 3.87. The summed E-state index contributed by atoms with van der Waals surface area (Å²) in [4.78, 5) is 14.2. The van der Waals surface area contributed by atoms with Gasteiger partial charge in [-0.15, -0.1) is 0 Å². The molecule has 0 saturated heterocycles. The van der Waals surface area contributed by atoms with E-state index in [-0.39, 0.29) is 5.91 Å². The lowest BCUT2D eigenvalue weighted by molar-refractivity contribution is -0.122. The van der Waals surface area contributed by atoms with Crippen LogP contribution in [0.15, 0.2) is 60.7 Å². The van der Waals surface area contributed by atoms with Crippen molar-refractivity contribution in [3.8, 4) is 0 Å². The van der Waals surface area contributed by atoms with Crippen LogP contribution in [0.4, 0.5) is 0 Å². The van der Waals surface area contributed by atoms with E-state index in [0.717, 1.165) is 32.5 Å². The third-order valence-electron chi connectivity index (χ3n) is 3.87. The van der Waals surface area contributed by atoms with Gasteiger partial charge in [-0.05, 0) is 30.5 Å². The first-order valence-corrected chi connectivity index (χ1v) is 8.35. The molecule has 122 valence electrons. The number of nitrogens with one attached hydrogen (secondary N) is 1. The number of hydrogen-bond donors (Lipinski definition) is 1. The quantitative estimate of drug-likeness (QED) is 0.721. The van der Waals surface area contributed by atoms with Crippen molar-refractivity contribution in [3.05, 3.63) is 71.8 Å². The minimum Gasteiger partial charge on any atom is -0.355 e. The molecule has 0 heterocycles. The summed E-state index contributed by atoms with van der Waals surface area (Å²) in [6.07, 6.45) is 1.98. The molecule has 0 saturated carbocycles. The molecule has 1 amide bonds. The third kappa shape index (κ3) is 6.66. The van der Waals surface area contributed by atoms with E-state index >= 15 is 0 Å². The highest BCUT2D eigenvalue weighted by Crippen LogP contribution is 2.04. The standard InChI is InChI=1S/C20H26N2O/c1-2-22(16-19-12-7-4-8-13-19)17-20(23)21-15-9-14-18-10-5-3-6-11-18/h3-8,10-13H,2,9,14-17H2,1H3,(H,21,23). The Kier molecular flexibility index (Phi) is 7.34. The van der Waals surface area contributed by atoms with Crippen molar-refractivity contribution in [2.45, 2.75) is 26.3 Å². The van der Waals surface area contributed by atoms with Gasteiger partial charge in [-0.1, -0.05) is 67.6 Å². The Morgan fingerprint density at radius 1 is 0.957 bits per heavy atom. The molecule has 0 atom stereocenters. The lowest BCUT2D eigenvalue weighted by Gasteiger charge is -2.20. The minimum atomic E-state index is 0.107. The van der Waals surface area contributed by atoms with Crippen LogP contribution in [0.3, 0.4) is 0 Å². The van der Waals surface area contributed by atoms with Crippen LogP contribution in [0.5, 0.6) is 0 Å². The first kappa shape index (κ1) is 17.2. The van der Waals surface area contributed by atoms with E-state index in [0.29, 0.717) is 6.54 Å². The molecule has 0 aliphatic carbocycles. The van der Waals surface area contributed by atoms with Gasteiger partial charge in [0.15, 0.2) is 0 Å². The van der Waals surface area contributed by atoms with Gasteiger partial charge in [0.2, 0.25) is 5.91 Å². The summed E-state index contributed by atoms with van der Waals surface area (Å²) < 4.78 is 0. The van der Waals surface area contributed by atoms with Gasteiger partial charge in [-0.25, -0.2) is 0 Å². The Morgan fingerprint density at radius 3 is 2.17 bits per heavy atom. The topological polar surface area (TPSA) is 32.3 Å². The van der Waals surface area contributed by atoms with Crippen molar-refractivity contribution in [1.82, 2.24) is 10.2 Å². The number of likely N-dealkylation sites (N-methyl/N-ethyl adjacent to an activating group) is 1. The first-order chi connectivity index (χ1) is 11.3. The fraction of sp³-hybridized carbons (Fsp3) is 0.350. The van der Waals surface area contributed by atoms with Crippen molar-refractivity contribution < 1.29 is 4.79 Å². The van der Waals surface area contributed by atoms with Gasteiger partial charge < -0.3 is 5.32 Å². The Balaban J connectivity index is 1.66. The molecule has 23 heavy (non-hydrogen) atoms. The summed E-state index contributed by atoms with van der Waals surface area (Å²) in [5, 5.41) is 3.02. The van der Waals surface area contributed by atoms with Crippen LogP contribution >= 0.6 is 0 Å². The van der Waals surface area contributed by atoms with E-state index in [1.165, 1.54) is 11.1 Å². The number of hydrogen-bond acceptors (Lipinski definition) is 2. The van der Waals surface area contributed by atoms with Crippen molar-refractivity contribution in [2.75, 3.05) is 19.6 Å². The van der Waals surface area contributed by atoms with Gasteiger partial charge in [0.1, 0.15) is 0 Å². The SMILES string of the molecule is CCN(CC(=O)NCCCc1ccccc1)Cc1ccccc1. The van der Waals surface area contributed by atoms with E-state index in [2.05, 4.69) is 53.5 Å². The summed E-state index contributed by atoms with van der Waals surface area (Å²) in [6, 6.07) is 20.7. The van der Waals surface area contributed by atoms with Crippen LogP contribution < -0.4 is 5.32 Å². The van der Waals surface area contributed by atoms with Gasteiger partial charge in [0.25, 0.3) is 0 Å². The van der Waals surface area contributed by atoms with Crippen LogP contribution in [0, 0.1) is 0 Å². The van der Waals surface area contributed by atoms with Gasteiger partial charge >= 0.3 is 0 Å². The van der Waals surface area contributed by atoms with E-state index in [1.54, 1.807) is 0 Å². The number of aryl methyl sites for hydroxylation is 1. The van der Waals surface area contributed by atoms with Gasteiger partial charge in [0, 0.05) is 13.1 Å². The number of rotatable bonds is 9. The van der Waals surface area contributed by atoms with Crippen LogP contribution in [-0.2, 0) is 17.8 Å². The smallest absolute Gasteiger partial charge is 0.234 e. The molecule has 1 N–H and O–H groups in total. The highest BCUT2D eigenvalue weighted by atomic mass is 16.2. The summed E-state index contributed by atoms with van der Waals surface area (Å²) in [6.45, 7) is 4.96. The lowest BCUT2D eigenvalue weighted by Crippen LogP contribution is -2.37. The summed E-state index contributed by atoms with van der Waals surface area (Å²) in [5.74, 6) is 0.107. The van der Waals surface area contributed by atoms with Crippen molar-refractivity contribution >= 4 is 5.91 Å². The van der Waals surface area contributed by atoms with Gasteiger partial charge in [-0.2, -0.15) is 0 Å². The number of carbonyl (C=O) groups is 1. The molecule has 0 aromatic heterocycles. The lowest BCUT2D eigenvalue weighted by atomic mass is 10.1. The molecule has 3 heteroatoms.